The molecule has 0 aromatic rings. The fourth-order valence-electron chi connectivity index (χ4n) is 1.52. The van der Waals surface area contributed by atoms with Gasteiger partial charge >= 0.3 is 0 Å². The molecule has 1 fully saturated rings. The van der Waals surface area contributed by atoms with E-state index in [0.717, 1.165) is 12.8 Å². The van der Waals surface area contributed by atoms with Gasteiger partial charge in [0, 0.05) is 6.04 Å². The molecule has 0 aromatic heterocycles. The molecule has 1 rings (SSSR count). The minimum atomic E-state index is 0.624. The Bertz CT molecular complexity index is 114. The molecule has 0 N–H and O–H groups in total. The highest BCUT2D eigenvalue weighted by atomic mass is 16.1. The molecule has 0 spiro atoms. The van der Waals surface area contributed by atoms with E-state index < -0.39 is 0 Å². The molecule has 2 heteroatoms. The Balaban J connectivity index is 2.32. The number of piperidine rings is 1. The maximum atomic E-state index is 10.2. The first-order valence-corrected chi connectivity index (χ1v) is 4.02. The van der Waals surface area contributed by atoms with Crippen molar-refractivity contribution < 1.29 is 4.79 Å². The van der Waals surface area contributed by atoms with E-state index in [0.29, 0.717) is 12.6 Å². The Labute approximate surface area is 62.2 Å². The molecule has 0 aromatic carbocycles. The van der Waals surface area contributed by atoms with Crippen LogP contribution in [-0.2, 0) is 4.79 Å². The van der Waals surface area contributed by atoms with Crippen LogP contribution >= 0.6 is 0 Å². The van der Waals surface area contributed by atoms with Gasteiger partial charge in [-0.25, -0.2) is 0 Å². The van der Waals surface area contributed by atoms with Gasteiger partial charge in [0.05, 0.1) is 6.54 Å². The lowest BCUT2D eigenvalue weighted by molar-refractivity contribution is -0.109. The molecule has 1 atom stereocenters. The molecule has 1 unspecified atom stereocenters. The molecule has 1 saturated heterocycles. The predicted molar refractivity (Wildman–Crippen MR) is 41.0 cm³/mol. The van der Waals surface area contributed by atoms with Gasteiger partial charge in [-0.05, 0) is 26.3 Å². The molecule has 1 heterocycles. The van der Waals surface area contributed by atoms with Gasteiger partial charge in [-0.1, -0.05) is 6.42 Å². The summed E-state index contributed by atoms with van der Waals surface area (Å²) in [5.41, 5.74) is 0. The first-order chi connectivity index (χ1) is 4.84. The van der Waals surface area contributed by atoms with Crippen LogP contribution in [0.1, 0.15) is 26.2 Å². The normalized spacial score (nSPS) is 28.3. The van der Waals surface area contributed by atoms with Crippen molar-refractivity contribution in [2.24, 2.45) is 0 Å². The average molecular weight is 141 g/mol. The fraction of sp³-hybridized carbons (Fsp3) is 0.875. The molecule has 0 amide bonds. The second-order valence-corrected chi connectivity index (χ2v) is 3.01. The third kappa shape index (κ3) is 1.81. The summed E-state index contributed by atoms with van der Waals surface area (Å²) in [7, 11) is 0. The molecule has 1 aliphatic rings. The lowest BCUT2D eigenvalue weighted by Crippen LogP contribution is -2.38. The summed E-state index contributed by atoms with van der Waals surface area (Å²) in [5.74, 6) is 0. The van der Waals surface area contributed by atoms with Crippen molar-refractivity contribution in [1.82, 2.24) is 4.90 Å². The van der Waals surface area contributed by atoms with E-state index in [2.05, 4.69) is 11.8 Å². The van der Waals surface area contributed by atoms with E-state index in [9.17, 15) is 4.79 Å². The molecule has 58 valence electrons. The van der Waals surface area contributed by atoms with E-state index in [-0.39, 0.29) is 0 Å². The zero-order valence-corrected chi connectivity index (χ0v) is 6.55. The standard InChI is InChI=1S/C8H15NO/c1-8-4-2-3-5-9(8)6-7-10/h7-8H,2-6H2,1H3. The number of hydrogen-bond donors (Lipinski definition) is 0. The maximum Gasteiger partial charge on any atom is 0.133 e. The summed E-state index contributed by atoms with van der Waals surface area (Å²) < 4.78 is 0. The van der Waals surface area contributed by atoms with Gasteiger partial charge in [-0.15, -0.1) is 0 Å². The first kappa shape index (κ1) is 7.73. The summed E-state index contributed by atoms with van der Waals surface area (Å²) in [6, 6.07) is 0.624. The Hall–Kier alpha value is -0.370. The highest BCUT2D eigenvalue weighted by molar-refractivity contribution is 5.52. The smallest absolute Gasteiger partial charge is 0.133 e. The summed E-state index contributed by atoms with van der Waals surface area (Å²) >= 11 is 0. The van der Waals surface area contributed by atoms with Crippen molar-refractivity contribution in [2.75, 3.05) is 13.1 Å². The van der Waals surface area contributed by atoms with Crippen molar-refractivity contribution in [2.45, 2.75) is 32.2 Å². The summed E-state index contributed by atoms with van der Waals surface area (Å²) in [5, 5.41) is 0. The number of hydrogen-bond acceptors (Lipinski definition) is 2. The quantitative estimate of drug-likeness (QED) is 0.536. The number of nitrogens with zero attached hydrogens (tertiary/aromatic N) is 1. The first-order valence-electron chi connectivity index (χ1n) is 4.02. The van der Waals surface area contributed by atoms with E-state index in [4.69, 9.17) is 0 Å². The Morgan fingerprint density at radius 1 is 1.60 bits per heavy atom. The van der Waals surface area contributed by atoms with Crippen LogP contribution in [0, 0.1) is 0 Å². The zero-order chi connectivity index (χ0) is 7.40. The van der Waals surface area contributed by atoms with Crippen LogP contribution in [-0.4, -0.2) is 30.3 Å². The highest BCUT2D eigenvalue weighted by Gasteiger charge is 2.16. The molecule has 0 aliphatic carbocycles. The SMILES string of the molecule is CC1CCCCN1CC=O. The van der Waals surface area contributed by atoms with Crippen LogP contribution in [0.4, 0.5) is 0 Å². The molecule has 0 saturated carbocycles. The highest BCUT2D eigenvalue weighted by Crippen LogP contribution is 2.14. The van der Waals surface area contributed by atoms with E-state index >= 15 is 0 Å². The average Bonchev–Trinajstić information content (AvgIpc) is 1.94. The van der Waals surface area contributed by atoms with Crippen LogP contribution in [0.5, 0.6) is 0 Å². The van der Waals surface area contributed by atoms with Gasteiger partial charge in [-0.2, -0.15) is 0 Å². The van der Waals surface area contributed by atoms with Crippen LogP contribution in [0.25, 0.3) is 0 Å². The molecular weight excluding hydrogens is 126 g/mol. The molecular formula is C8H15NO. The summed E-state index contributed by atoms with van der Waals surface area (Å²) in [6.07, 6.45) is 4.85. The number of rotatable bonds is 2. The van der Waals surface area contributed by atoms with Gasteiger partial charge < -0.3 is 4.79 Å². The Kier molecular flexibility index (Phi) is 2.87. The molecule has 0 radical (unpaired) electrons. The number of likely N-dealkylation sites (tertiary alicyclic amines) is 1. The predicted octanol–water partition coefficient (Wildman–Crippen LogP) is 1.06. The molecule has 1 aliphatic heterocycles. The van der Waals surface area contributed by atoms with Crippen molar-refractivity contribution in [1.29, 1.82) is 0 Å². The van der Waals surface area contributed by atoms with Crippen LogP contribution in [0.2, 0.25) is 0 Å². The third-order valence-electron chi connectivity index (χ3n) is 2.25. The molecule has 2 nitrogen and oxygen atoms in total. The summed E-state index contributed by atoms with van der Waals surface area (Å²) in [4.78, 5) is 12.4. The van der Waals surface area contributed by atoms with Crippen molar-refractivity contribution in [3.05, 3.63) is 0 Å². The van der Waals surface area contributed by atoms with Gasteiger partial charge in [0.2, 0.25) is 0 Å². The second kappa shape index (κ2) is 3.71. The largest absolute Gasteiger partial charge is 0.302 e. The molecule has 10 heavy (non-hydrogen) atoms. The van der Waals surface area contributed by atoms with Crippen LogP contribution in [0.15, 0.2) is 0 Å². The van der Waals surface area contributed by atoms with E-state index in [1.165, 1.54) is 19.3 Å². The van der Waals surface area contributed by atoms with Crippen LogP contribution in [0.3, 0.4) is 0 Å². The molecule has 0 bridgehead atoms. The zero-order valence-electron chi connectivity index (χ0n) is 6.55. The van der Waals surface area contributed by atoms with Crippen molar-refractivity contribution >= 4 is 6.29 Å². The van der Waals surface area contributed by atoms with Gasteiger partial charge in [0.25, 0.3) is 0 Å². The van der Waals surface area contributed by atoms with Crippen LogP contribution < -0.4 is 0 Å². The lowest BCUT2D eigenvalue weighted by atomic mass is 10.0. The Morgan fingerprint density at radius 2 is 2.40 bits per heavy atom. The second-order valence-electron chi connectivity index (χ2n) is 3.01. The topological polar surface area (TPSA) is 20.3 Å². The number of aldehydes is 1. The lowest BCUT2D eigenvalue weighted by Gasteiger charge is -2.31. The van der Waals surface area contributed by atoms with Gasteiger partial charge in [0.15, 0.2) is 0 Å². The maximum absolute atomic E-state index is 10.2. The number of carbonyl (C=O) groups is 1. The van der Waals surface area contributed by atoms with E-state index in [1.807, 2.05) is 0 Å². The van der Waals surface area contributed by atoms with Gasteiger partial charge in [-0.3, -0.25) is 4.90 Å². The van der Waals surface area contributed by atoms with Crippen molar-refractivity contribution in [3.8, 4) is 0 Å². The van der Waals surface area contributed by atoms with Crippen molar-refractivity contribution in [3.63, 3.8) is 0 Å². The monoisotopic (exact) mass is 141 g/mol. The van der Waals surface area contributed by atoms with E-state index in [1.54, 1.807) is 0 Å². The number of carbonyl (C=O) groups excluding carboxylic acids is 1. The third-order valence-corrected chi connectivity index (χ3v) is 2.25. The minimum Gasteiger partial charge on any atom is -0.302 e. The van der Waals surface area contributed by atoms with Gasteiger partial charge in [0.1, 0.15) is 6.29 Å². The fourth-order valence-corrected chi connectivity index (χ4v) is 1.52. The Morgan fingerprint density at radius 3 is 3.00 bits per heavy atom. The summed E-state index contributed by atoms with van der Waals surface area (Å²) in [6.45, 7) is 3.93. The minimum absolute atomic E-state index is 0.624.